The Kier molecular flexibility index (Phi) is 6.29. The number of likely N-dealkylation sites (N-methyl/N-ethyl adjacent to an activating group) is 1. The van der Waals surface area contributed by atoms with Crippen molar-refractivity contribution in [2.45, 2.75) is 19.4 Å². The number of H-pyrrole nitrogens is 1. The summed E-state index contributed by atoms with van der Waals surface area (Å²) >= 11 is 6.36. The summed E-state index contributed by atoms with van der Waals surface area (Å²) in [4.78, 5) is 29.7. The molecule has 1 fully saturated rings. The van der Waals surface area contributed by atoms with Crippen molar-refractivity contribution in [2.24, 2.45) is 0 Å². The maximum atomic E-state index is 14.7. The Morgan fingerprint density at radius 3 is 2.73 bits per heavy atom. The van der Waals surface area contributed by atoms with Crippen molar-refractivity contribution < 1.29 is 13.9 Å². The number of carbonyl (C=O) groups is 1. The molecule has 2 aromatic carbocycles. The molecule has 5 heterocycles. The summed E-state index contributed by atoms with van der Waals surface area (Å²) in [6.07, 6.45) is 2.91. The number of aromatic amines is 1. The quantitative estimate of drug-likeness (QED) is 0.389. The van der Waals surface area contributed by atoms with Gasteiger partial charge in [-0.2, -0.15) is 15.1 Å². The van der Waals surface area contributed by atoms with E-state index in [1.54, 1.807) is 4.90 Å². The lowest BCUT2D eigenvalue weighted by atomic mass is 9.99. The van der Waals surface area contributed by atoms with E-state index in [1.165, 1.54) is 17.8 Å². The van der Waals surface area contributed by atoms with Crippen LogP contribution in [0.2, 0.25) is 5.02 Å². The lowest BCUT2D eigenvalue weighted by Gasteiger charge is -2.30. The maximum Gasteiger partial charge on any atom is 0.325 e. The first-order chi connectivity index (χ1) is 19.5. The summed E-state index contributed by atoms with van der Waals surface area (Å²) in [5.74, 6) is 0.825. The highest BCUT2D eigenvalue weighted by molar-refractivity contribution is 6.36. The minimum Gasteiger partial charge on any atom is -0.424 e. The molecular formula is C28H28ClFN8O2. The molecule has 1 saturated heterocycles. The number of ether oxygens (including phenoxy) is 1. The number of nitrogens with one attached hydrogen (secondary N) is 2. The Labute approximate surface area is 235 Å². The zero-order chi connectivity index (χ0) is 27.4. The second-order valence-corrected chi connectivity index (χ2v) is 10.8. The number of fused-ring (bicyclic) bond motifs is 3. The monoisotopic (exact) mass is 562 g/mol. The molecule has 4 aromatic rings. The van der Waals surface area contributed by atoms with Crippen LogP contribution in [-0.4, -0.2) is 77.3 Å². The molecule has 206 valence electrons. The van der Waals surface area contributed by atoms with E-state index < -0.39 is 11.7 Å². The summed E-state index contributed by atoms with van der Waals surface area (Å²) in [5.41, 5.74) is 3.70. The summed E-state index contributed by atoms with van der Waals surface area (Å²) in [7, 11) is 2.10. The van der Waals surface area contributed by atoms with Crippen LogP contribution in [0.25, 0.3) is 10.9 Å². The van der Waals surface area contributed by atoms with E-state index in [4.69, 9.17) is 26.3 Å². The molecule has 2 N–H and O–H groups in total. The molecule has 10 nitrogen and oxygen atoms in total. The van der Waals surface area contributed by atoms with Crippen LogP contribution in [0.15, 0.2) is 30.5 Å². The first kappa shape index (κ1) is 25.2. The highest BCUT2D eigenvalue weighted by Gasteiger charge is 2.35. The van der Waals surface area contributed by atoms with Gasteiger partial charge < -0.3 is 19.9 Å². The van der Waals surface area contributed by atoms with Gasteiger partial charge in [-0.1, -0.05) is 23.7 Å². The highest BCUT2D eigenvalue weighted by Crippen LogP contribution is 2.39. The van der Waals surface area contributed by atoms with Crippen molar-refractivity contribution in [3.8, 4) is 11.8 Å². The van der Waals surface area contributed by atoms with Crippen LogP contribution in [0, 0.1) is 5.82 Å². The van der Waals surface area contributed by atoms with Gasteiger partial charge in [0.2, 0.25) is 0 Å². The van der Waals surface area contributed by atoms with E-state index in [0.717, 1.165) is 68.4 Å². The number of halogens is 2. The van der Waals surface area contributed by atoms with Crippen LogP contribution in [0.5, 0.6) is 11.8 Å². The number of nitrogens with zero attached hydrogens (tertiary/aromatic N) is 6. The van der Waals surface area contributed by atoms with Gasteiger partial charge in [0, 0.05) is 68.4 Å². The maximum absolute atomic E-state index is 14.7. The van der Waals surface area contributed by atoms with Gasteiger partial charge in [0.1, 0.15) is 23.2 Å². The fourth-order valence-electron chi connectivity index (χ4n) is 5.89. The second kappa shape index (κ2) is 9.99. The Balaban J connectivity index is 1.32. The third-order valence-electron chi connectivity index (χ3n) is 7.91. The minimum absolute atomic E-state index is 0.0596. The molecule has 7 rings (SSSR count). The van der Waals surface area contributed by atoms with Crippen LogP contribution in [0.1, 0.15) is 27.0 Å². The first-order valence-electron chi connectivity index (χ1n) is 13.4. The fourth-order valence-corrected chi connectivity index (χ4v) is 6.12. The molecule has 3 aliphatic rings. The van der Waals surface area contributed by atoms with Crippen LogP contribution in [0.4, 0.5) is 16.0 Å². The van der Waals surface area contributed by atoms with Gasteiger partial charge in [-0.15, -0.1) is 0 Å². The standard InChI is InChI=1S/C28H28ClFN8O2/c1-36-9-5-17-16(15-36)3-2-4-22(17)40-28-33-25(37-11-7-31-8-12-37)18-6-10-38(26(18)34-28)27(39)23-19-14-32-35-21(19)13-20(30)24(23)29/h2-4,13-14,31H,5-12,15H2,1H3,(H,32,35). The van der Waals surface area contributed by atoms with Crippen LogP contribution in [-0.2, 0) is 19.4 Å². The first-order valence-corrected chi connectivity index (χ1v) is 13.8. The van der Waals surface area contributed by atoms with E-state index in [1.807, 2.05) is 12.1 Å². The van der Waals surface area contributed by atoms with Crippen LogP contribution < -0.4 is 19.9 Å². The molecule has 0 unspecified atom stereocenters. The van der Waals surface area contributed by atoms with Gasteiger partial charge in [-0.3, -0.25) is 14.8 Å². The summed E-state index contributed by atoms with van der Waals surface area (Å²) in [5, 5.41) is 10.3. The average Bonchev–Trinajstić information content (AvgIpc) is 3.60. The molecule has 40 heavy (non-hydrogen) atoms. The Bertz CT molecular complexity index is 1640. The number of amides is 1. The molecule has 0 bridgehead atoms. The third kappa shape index (κ3) is 4.25. The number of aromatic nitrogens is 4. The number of piperazine rings is 1. The highest BCUT2D eigenvalue weighted by atomic mass is 35.5. The lowest BCUT2D eigenvalue weighted by molar-refractivity contribution is 0.0990. The topological polar surface area (TPSA) is 103 Å². The summed E-state index contributed by atoms with van der Waals surface area (Å²) in [6.45, 7) is 5.35. The smallest absolute Gasteiger partial charge is 0.325 e. The average molecular weight is 563 g/mol. The van der Waals surface area contributed by atoms with Crippen molar-refractivity contribution in [2.75, 3.05) is 56.1 Å². The second-order valence-electron chi connectivity index (χ2n) is 10.4. The number of benzene rings is 2. The van der Waals surface area contributed by atoms with E-state index in [-0.39, 0.29) is 16.6 Å². The van der Waals surface area contributed by atoms with Gasteiger partial charge >= 0.3 is 6.01 Å². The van der Waals surface area contributed by atoms with E-state index in [9.17, 15) is 9.18 Å². The van der Waals surface area contributed by atoms with Crippen molar-refractivity contribution in [3.05, 3.63) is 63.6 Å². The molecule has 0 saturated carbocycles. The third-order valence-corrected chi connectivity index (χ3v) is 8.28. The minimum atomic E-state index is -0.686. The number of rotatable bonds is 4. The molecule has 0 spiro atoms. The van der Waals surface area contributed by atoms with Crippen LogP contribution >= 0.6 is 11.6 Å². The molecule has 3 aliphatic heterocycles. The zero-order valence-corrected chi connectivity index (χ0v) is 22.8. The van der Waals surface area contributed by atoms with E-state index in [0.29, 0.717) is 29.7 Å². The van der Waals surface area contributed by atoms with Gasteiger partial charge in [-0.25, -0.2) is 4.39 Å². The molecule has 0 radical (unpaired) electrons. The van der Waals surface area contributed by atoms with Gasteiger partial charge in [0.15, 0.2) is 0 Å². The van der Waals surface area contributed by atoms with E-state index in [2.05, 4.69) is 38.4 Å². The van der Waals surface area contributed by atoms with Gasteiger partial charge in [0.25, 0.3) is 5.91 Å². The number of carbonyl (C=O) groups excluding carboxylic acids is 1. The molecular weight excluding hydrogens is 535 g/mol. The van der Waals surface area contributed by atoms with Crippen molar-refractivity contribution in [3.63, 3.8) is 0 Å². The van der Waals surface area contributed by atoms with Gasteiger partial charge in [-0.05, 0) is 31.5 Å². The largest absolute Gasteiger partial charge is 0.424 e. The van der Waals surface area contributed by atoms with Gasteiger partial charge in [0.05, 0.1) is 22.3 Å². The molecule has 0 atom stereocenters. The number of hydrogen-bond acceptors (Lipinski definition) is 8. The Morgan fingerprint density at radius 2 is 1.88 bits per heavy atom. The predicted molar refractivity (Wildman–Crippen MR) is 150 cm³/mol. The lowest BCUT2D eigenvalue weighted by Crippen LogP contribution is -2.44. The Morgan fingerprint density at radius 1 is 1.07 bits per heavy atom. The van der Waals surface area contributed by atoms with Crippen molar-refractivity contribution >= 4 is 40.0 Å². The molecule has 0 aliphatic carbocycles. The number of anilines is 2. The zero-order valence-electron chi connectivity index (χ0n) is 22.0. The van der Waals surface area contributed by atoms with E-state index >= 15 is 0 Å². The normalized spacial score (nSPS) is 17.3. The number of hydrogen-bond donors (Lipinski definition) is 2. The summed E-state index contributed by atoms with van der Waals surface area (Å²) in [6, 6.07) is 7.46. The SMILES string of the molecule is CN1CCc2c(cccc2Oc2nc(N3CCNCC3)c3c(n2)N(C(=O)c2c(Cl)c(F)cc4[nH]ncc24)CC3)C1. The van der Waals surface area contributed by atoms with Crippen LogP contribution in [0.3, 0.4) is 0 Å². The summed E-state index contributed by atoms with van der Waals surface area (Å²) < 4.78 is 21.1. The van der Waals surface area contributed by atoms with Crippen molar-refractivity contribution in [1.82, 2.24) is 30.4 Å². The molecule has 2 aromatic heterocycles. The molecule has 1 amide bonds. The molecule has 12 heteroatoms. The Hall–Kier alpha value is -3.80. The fraction of sp³-hybridized carbons (Fsp3) is 0.357. The van der Waals surface area contributed by atoms with Crippen molar-refractivity contribution in [1.29, 1.82) is 0 Å². The predicted octanol–water partition coefficient (Wildman–Crippen LogP) is 3.54.